The topological polar surface area (TPSA) is 33.0 Å². The molecule has 0 unspecified atom stereocenters. The molecule has 2 rings (SSSR count). The Kier molecular flexibility index (Phi) is 3.45. The number of nitriles is 1. The van der Waals surface area contributed by atoms with E-state index < -0.39 is 0 Å². The zero-order chi connectivity index (χ0) is 11.4. The molecule has 0 radical (unpaired) electrons. The molecule has 2 aromatic rings. The van der Waals surface area contributed by atoms with Crippen LogP contribution in [0.5, 0.6) is 5.75 Å². The summed E-state index contributed by atoms with van der Waals surface area (Å²) in [4.78, 5) is 0.703. The molecule has 0 saturated heterocycles. The third-order valence-corrected chi connectivity index (χ3v) is 3.17. The van der Waals surface area contributed by atoms with E-state index in [1.54, 1.807) is 24.3 Å². The van der Waals surface area contributed by atoms with E-state index in [2.05, 4.69) is 6.07 Å². The molecule has 0 aliphatic carbocycles. The first-order chi connectivity index (χ1) is 7.79. The lowest BCUT2D eigenvalue weighted by Gasteiger charge is -2.04. The van der Waals surface area contributed by atoms with Crippen LogP contribution in [0.15, 0.2) is 35.7 Å². The lowest BCUT2D eigenvalue weighted by atomic mass is 10.3. The Hall–Kier alpha value is -1.50. The molecule has 0 saturated carbocycles. The van der Waals surface area contributed by atoms with Gasteiger partial charge in [-0.1, -0.05) is 11.6 Å². The van der Waals surface area contributed by atoms with Crippen molar-refractivity contribution in [1.82, 2.24) is 0 Å². The van der Waals surface area contributed by atoms with Crippen molar-refractivity contribution in [2.45, 2.75) is 6.61 Å². The second-order valence-electron chi connectivity index (χ2n) is 3.13. The number of thiophene rings is 1. The zero-order valence-corrected chi connectivity index (χ0v) is 9.89. The van der Waals surface area contributed by atoms with Crippen LogP contribution in [0.1, 0.15) is 10.4 Å². The van der Waals surface area contributed by atoms with E-state index >= 15 is 0 Å². The molecule has 0 aliphatic heterocycles. The van der Waals surface area contributed by atoms with Crippen molar-refractivity contribution < 1.29 is 4.74 Å². The highest BCUT2D eigenvalue weighted by Gasteiger charge is 2.03. The van der Waals surface area contributed by atoms with Gasteiger partial charge in [0.15, 0.2) is 0 Å². The molecule has 2 nitrogen and oxygen atoms in total. The molecule has 1 heterocycles. The minimum absolute atomic E-state index is 0.411. The molecular weight excluding hydrogens is 242 g/mol. The van der Waals surface area contributed by atoms with Crippen molar-refractivity contribution in [3.8, 4) is 11.8 Å². The van der Waals surface area contributed by atoms with Gasteiger partial charge < -0.3 is 4.74 Å². The van der Waals surface area contributed by atoms with Crippen molar-refractivity contribution in [3.05, 3.63) is 51.2 Å². The Morgan fingerprint density at radius 1 is 1.25 bits per heavy atom. The minimum atomic E-state index is 0.411. The first kappa shape index (κ1) is 11.0. The fraction of sp³-hybridized carbons (Fsp3) is 0.0833. The van der Waals surface area contributed by atoms with Gasteiger partial charge >= 0.3 is 0 Å². The summed E-state index contributed by atoms with van der Waals surface area (Å²) in [7, 11) is 0. The van der Waals surface area contributed by atoms with Crippen LogP contribution >= 0.6 is 22.9 Å². The maximum absolute atomic E-state index is 8.83. The van der Waals surface area contributed by atoms with Gasteiger partial charge in [0.2, 0.25) is 0 Å². The van der Waals surface area contributed by atoms with Crippen molar-refractivity contribution >= 4 is 22.9 Å². The molecule has 4 heteroatoms. The number of hydrogen-bond donors (Lipinski definition) is 0. The summed E-state index contributed by atoms with van der Waals surface area (Å²) >= 11 is 7.19. The van der Waals surface area contributed by atoms with E-state index in [9.17, 15) is 0 Å². The van der Waals surface area contributed by atoms with Crippen LogP contribution in [0.2, 0.25) is 5.02 Å². The number of benzene rings is 1. The quantitative estimate of drug-likeness (QED) is 0.828. The summed E-state index contributed by atoms with van der Waals surface area (Å²) in [6, 6.07) is 11.2. The van der Waals surface area contributed by atoms with Gasteiger partial charge in [0.1, 0.15) is 23.3 Å². The second kappa shape index (κ2) is 5.02. The molecular formula is C12H8ClNOS. The normalized spacial score (nSPS) is 9.75. The maximum atomic E-state index is 8.83. The fourth-order valence-electron chi connectivity index (χ4n) is 1.24. The highest BCUT2D eigenvalue weighted by molar-refractivity contribution is 7.10. The predicted molar refractivity (Wildman–Crippen MR) is 64.8 cm³/mol. The Morgan fingerprint density at radius 3 is 2.69 bits per heavy atom. The van der Waals surface area contributed by atoms with Crippen LogP contribution < -0.4 is 4.74 Å². The van der Waals surface area contributed by atoms with E-state index in [1.807, 2.05) is 11.4 Å². The summed E-state index contributed by atoms with van der Waals surface area (Å²) < 4.78 is 5.54. The molecule has 0 amide bonds. The Labute approximate surface area is 103 Å². The van der Waals surface area contributed by atoms with Crippen molar-refractivity contribution in [1.29, 1.82) is 5.26 Å². The first-order valence-corrected chi connectivity index (χ1v) is 5.90. The minimum Gasteiger partial charge on any atom is -0.489 e. The number of ether oxygens (including phenoxy) is 1. The van der Waals surface area contributed by atoms with Crippen molar-refractivity contribution in [3.63, 3.8) is 0 Å². The van der Waals surface area contributed by atoms with E-state index in [-0.39, 0.29) is 0 Å². The average Bonchev–Trinajstić information content (AvgIpc) is 2.76. The maximum Gasteiger partial charge on any atom is 0.119 e. The van der Waals surface area contributed by atoms with Crippen molar-refractivity contribution in [2.75, 3.05) is 0 Å². The van der Waals surface area contributed by atoms with Crippen LogP contribution in [0.4, 0.5) is 0 Å². The number of halogens is 1. The molecule has 0 aliphatic rings. The third kappa shape index (κ3) is 2.54. The van der Waals surface area contributed by atoms with Crippen molar-refractivity contribution in [2.24, 2.45) is 0 Å². The van der Waals surface area contributed by atoms with Crippen LogP contribution in [-0.4, -0.2) is 0 Å². The molecule has 0 atom stereocenters. The number of nitrogens with zero attached hydrogens (tertiary/aromatic N) is 1. The summed E-state index contributed by atoms with van der Waals surface area (Å²) in [6.45, 7) is 0.411. The highest BCUT2D eigenvalue weighted by Crippen LogP contribution is 2.20. The molecule has 0 spiro atoms. The largest absolute Gasteiger partial charge is 0.489 e. The molecule has 0 N–H and O–H groups in total. The Balaban J connectivity index is 2.03. The van der Waals surface area contributed by atoms with Gasteiger partial charge in [0.25, 0.3) is 0 Å². The lowest BCUT2D eigenvalue weighted by Crippen LogP contribution is -1.95. The zero-order valence-electron chi connectivity index (χ0n) is 8.31. The first-order valence-electron chi connectivity index (χ1n) is 4.64. The molecule has 1 aromatic heterocycles. The molecule has 1 aromatic carbocycles. The lowest BCUT2D eigenvalue weighted by molar-refractivity contribution is 0.306. The van der Waals surface area contributed by atoms with Crippen LogP contribution in [0, 0.1) is 11.3 Å². The van der Waals surface area contributed by atoms with E-state index in [0.29, 0.717) is 16.5 Å². The van der Waals surface area contributed by atoms with E-state index in [1.165, 1.54) is 11.3 Å². The molecule has 80 valence electrons. The van der Waals surface area contributed by atoms with Gasteiger partial charge in [0, 0.05) is 10.6 Å². The molecule has 0 bridgehead atoms. The van der Waals surface area contributed by atoms with Gasteiger partial charge in [0.05, 0.1) is 0 Å². The van der Waals surface area contributed by atoms with Crippen LogP contribution in [0.3, 0.4) is 0 Å². The third-order valence-electron chi connectivity index (χ3n) is 2.06. The Morgan fingerprint density at radius 2 is 2.00 bits per heavy atom. The Bertz CT molecular complexity index is 513. The summed E-state index contributed by atoms with van der Waals surface area (Å²) in [5, 5.41) is 11.4. The van der Waals surface area contributed by atoms with Crippen LogP contribution in [-0.2, 0) is 6.61 Å². The fourth-order valence-corrected chi connectivity index (χ4v) is 2.06. The van der Waals surface area contributed by atoms with Gasteiger partial charge in [-0.05, 0) is 35.7 Å². The second-order valence-corrected chi connectivity index (χ2v) is 4.48. The SMILES string of the molecule is N#Cc1sccc1COc1ccc(Cl)cc1. The van der Waals surface area contributed by atoms with Gasteiger partial charge in [-0.15, -0.1) is 11.3 Å². The van der Waals surface area contributed by atoms with E-state index in [4.69, 9.17) is 21.6 Å². The van der Waals surface area contributed by atoms with Gasteiger partial charge in [-0.25, -0.2) is 0 Å². The predicted octanol–water partition coefficient (Wildman–Crippen LogP) is 3.85. The molecule has 0 fully saturated rings. The molecule has 16 heavy (non-hydrogen) atoms. The van der Waals surface area contributed by atoms with Crippen LogP contribution in [0.25, 0.3) is 0 Å². The van der Waals surface area contributed by atoms with E-state index in [0.717, 1.165) is 11.3 Å². The van der Waals surface area contributed by atoms with Gasteiger partial charge in [-0.3, -0.25) is 0 Å². The number of rotatable bonds is 3. The summed E-state index contributed by atoms with van der Waals surface area (Å²) in [6.07, 6.45) is 0. The van der Waals surface area contributed by atoms with Gasteiger partial charge in [-0.2, -0.15) is 5.26 Å². The standard InChI is InChI=1S/C12H8ClNOS/c13-10-1-3-11(4-2-10)15-8-9-5-6-16-12(9)7-14/h1-6H,8H2. The number of hydrogen-bond acceptors (Lipinski definition) is 3. The average molecular weight is 250 g/mol. The monoisotopic (exact) mass is 249 g/mol. The highest BCUT2D eigenvalue weighted by atomic mass is 35.5. The smallest absolute Gasteiger partial charge is 0.119 e. The summed E-state index contributed by atoms with van der Waals surface area (Å²) in [5.41, 5.74) is 0.919. The summed E-state index contributed by atoms with van der Waals surface area (Å²) in [5.74, 6) is 0.750.